The summed E-state index contributed by atoms with van der Waals surface area (Å²) >= 11 is 6.75. The van der Waals surface area contributed by atoms with Crippen LogP contribution in [0.15, 0.2) is 63.8 Å². The molecular weight excluding hydrogens is 471 g/mol. The lowest BCUT2D eigenvalue weighted by Gasteiger charge is -2.08. The summed E-state index contributed by atoms with van der Waals surface area (Å²) in [5, 5.41) is 2.87. The SMILES string of the molecule is Cl.Nc1ncc(-c2ccc(NC(=O)c3cc(Br)cc(Br)c3)cc2)cn1. The molecule has 0 atom stereocenters. The predicted molar refractivity (Wildman–Crippen MR) is 109 cm³/mol. The zero-order chi connectivity index (χ0) is 17.1. The Morgan fingerprint density at radius 1 is 0.920 bits per heavy atom. The Hall–Kier alpha value is -1.96. The number of aromatic nitrogens is 2. The van der Waals surface area contributed by atoms with Crippen LogP contribution in [-0.4, -0.2) is 15.9 Å². The highest BCUT2D eigenvalue weighted by Crippen LogP contribution is 2.23. The normalized spacial score (nSPS) is 10.0. The maximum atomic E-state index is 12.3. The molecule has 0 fully saturated rings. The summed E-state index contributed by atoms with van der Waals surface area (Å²) in [5.74, 6) is 0.0587. The highest BCUT2D eigenvalue weighted by atomic mass is 79.9. The van der Waals surface area contributed by atoms with E-state index in [4.69, 9.17) is 5.73 Å². The number of nitrogen functional groups attached to an aromatic ring is 1. The van der Waals surface area contributed by atoms with Crippen LogP contribution in [0.4, 0.5) is 11.6 Å². The van der Waals surface area contributed by atoms with Gasteiger partial charge in [0.1, 0.15) is 0 Å². The van der Waals surface area contributed by atoms with Crippen LogP contribution in [0.1, 0.15) is 10.4 Å². The number of carbonyl (C=O) groups is 1. The number of nitrogens with two attached hydrogens (primary N) is 1. The number of anilines is 2. The van der Waals surface area contributed by atoms with Crippen molar-refractivity contribution < 1.29 is 4.79 Å². The van der Waals surface area contributed by atoms with Crippen LogP contribution in [-0.2, 0) is 0 Å². The second kappa shape index (κ2) is 8.42. The summed E-state index contributed by atoms with van der Waals surface area (Å²) in [5.41, 5.74) is 8.55. The molecule has 0 aliphatic carbocycles. The van der Waals surface area contributed by atoms with E-state index in [0.717, 1.165) is 20.1 Å². The van der Waals surface area contributed by atoms with Crippen LogP contribution in [0.3, 0.4) is 0 Å². The highest BCUT2D eigenvalue weighted by Gasteiger charge is 2.08. The molecule has 0 spiro atoms. The van der Waals surface area contributed by atoms with E-state index in [-0.39, 0.29) is 24.3 Å². The van der Waals surface area contributed by atoms with E-state index in [1.807, 2.05) is 30.3 Å². The molecule has 0 saturated carbocycles. The molecular formula is C17H13Br2ClN4O. The average Bonchev–Trinajstić information content (AvgIpc) is 2.55. The van der Waals surface area contributed by atoms with E-state index in [1.54, 1.807) is 24.5 Å². The number of rotatable bonds is 3. The molecule has 0 unspecified atom stereocenters. The third kappa shape index (κ3) is 5.01. The number of carbonyl (C=O) groups excluding carboxylic acids is 1. The van der Waals surface area contributed by atoms with Crippen LogP contribution in [0, 0.1) is 0 Å². The van der Waals surface area contributed by atoms with Gasteiger partial charge in [-0.15, -0.1) is 12.4 Å². The fraction of sp³-hybridized carbons (Fsp3) is 0. The van der Waals surface area contributed by atoms with Gasteiger partial charge in [-0.1, -0.05) is 44.0 Å². The van der Waals surface area contributed by atoms with Crippen molar-refractivity contribution in [1.29, 1.82) is 0 Å². The third-order valence-electron chi connectivity index (χ3n) is 3.27. The van der Waals surface area contributed by atoms with Gasteiger partial charge >= 0.3 is 0 Å². The first-order valence-electron chi connectivity index (χ1n) is 6.97. The monoisotopic (exact) mass is 482 g/mol. The molecule has 128 valence electrons. The van der Waals surface area contributed by atoms with Crippen molar-refractivity contribution in [2.45, 2.75) is 0 Å². The summed E-state index contributed by atoms with van der Waals surface area (Å²) in [4.78, 5) is 20.3. The van der Waals surface area contributed by atoms with Gasteiger partial charge in [0.05, 0.1) is 0 Å². The molecule has 0 bridgehead atoms. The molecule has 5 nitrogen and oxygen atoms in total. The zero-order valence-corrected chi connectivity index (χ0v) is 16.7. The predicted octanol–water partition coefficient (Wildman–Crippen LogP) is 4.92. The van der Waals surface area contributed by atoms with Gasteiger partial charge in [0.25, 0.3) is 5.91 Å². The summed E-state index contributed by atoms with van der Waals surface area (Å²) < 4.78 is 1.67. The molecule has 1 aromatic heterocycles. The van der Waals surface area contributed by atoms with Gasteiger partial charge in [0.2, 0.25) is 5.95 Å². The molecule has 0 saturated heterocycles. The Morgan fingerprint density at radius 3 is 2.04 bits per heavy atom. The molecule has 2 aromatic carbocycles. The molecule has 25 heavy (non-hydrogen) atoms. The number of benzene rings is 2. The van der Waals surface area contributed by atoms with Crippen LogP contribution >= 0.6 is 44.3 Å². The van der Waals surface area contributed by atoms with Gasteiger partial charge in [0, 0.05) is 38.2 Å². The minimum absolute atomic E-state index is 0. The molecule has 0 radical (unpaired) electrons. The molecule has 3 aromatic rings. The molecule has 3 N–H and O–H groups in total. The average molecular weight is 485 g/mol. The second-order valence-corrected chi connectivity index (χ2v) is 6.85. The van der Waals surface area contributed by atoms with Crippen LogP contribution in [0.2, 0.25) is 0 Å². The molecule has 1 heterocycles. The maximum absolute atomic E-state index is 12.3. The van der Waals surface area contributed by atoms with Crippen molar-refractivity contribution in [1.82, 2.24) is 9.97 Å². The van der Waals surface area contributed by atoms with E-state index in [1.165, 1.54) is 0 Å². The fourth-order valence-electron chi connectivity index (χ4n) is 2.12. The van der Waals surface area contributed by atoms with Gasteiger partial charge < -0.3 is 11.1 Å². The van der Waals surface area contributed by atoms with E-state index in [2.05, 4.69) is 47.1 Å². The lowest BCUT2D eigenvalue weighted by Crippen LogP contribution is -2.11. The van der Waals surface area contributed by atoms with Crippen LogP contribution in [0.25, 0.3) is 11.1 Å². The summed E-state index contributed by atoms with van der Waals surface area (Å²) in [6.45, 7) is 0. The van der Waals surface area contributed by atoms with Crippen molar-refractivity contribution >= 4 is 61.8 Å². The molecule has 0 aliphatic rings. The Kier molecular flexibility index (Phi) is 6.52. The summed E-state index contributed by atoms with van der Waals surface area (Å²) in [7, 11) is 0. The quantitative estimate of drug-likeness (QED) is 0.553. The van der Waals surface area contributed by atoms with Crippen molar-refractivity contribution in [2.24, 2.45) is 0 Å². The molecule has 0 aliphatic heterocycles. The second-order valence-electron chi connectivity index (χ2n) is 5.02. The van der Waals surface area contributed by atoms with Gasteiger partial charge in [-0.25, -0.2) is 9.97 Å². The lowest BCUT2D eigenvalue weighted by atomic mass is 10.1. The number of halogens is 3. The standard InChI is InChI=1S/C17H12Br2N4O.ClH/c18-13-5-11(6-14(19)7-13)16(24)23-15-3-1-10(2-4-15)12-8-21-17(20)22-9-12;/h1-9H,(H,23,24)(H2,20,21,22);1H. The maximum Gasteiger partial charge on any atom is 0.255 e. The number of nitrogens with zero attached hydrogens (tertiary/aromatic N) is 2. The Morgan fingerprint density at radius 2 is 1.48 bits per heavy atom. The number of hydrogen-bond acceptors (Lipinski definition) is 4. The first-order valence-corrected chi connectivity index (χ1v) is 8.55. The first kappa shape index (κ1) is 19.4. The van der Waals surface area contributed by atoms with Gasteiger partial charge in [-0.3, -0.25) is 4.79 Å². The summed E-state index contributed by atoms with van der Waals surface area (Å²) in [6.07, 6.45) is 3.32. The van der Waals surface area contributed by atoms with Gasteiger partial charge in [-0.05, 0) is 35.9 Å². The highest BCUT2D eigenvalue weighted by molar-refractivity contribution is 9.11. The fourth-order valence-corrected chi connectivity index (χ4v) is 3.41. The van der Waals surface area contributed by atoms with E-state index in [0.29, 0.717) is 11.3 Å². The minimum atomic E-state index is -0.180. The largest absolute Gasteiger partial charge is 0.368 e. The van der Waals surface area contributed by atoms with Crippen molar-refractivity contribution in [3.63, 3.8) is 0 Å². The minimum Gasteiger partial charge on any atom is -0.368 e. The van der Waals surface area contributed by atoms with Crippen LogP contribution in [0.5, 0.6) is 0 Å². The van der Waals surface area contributed by atoms with E-state index >= 15 is 0 Å². The first-order chi connectivity index (χ1) is 11.5. The van der Waals surface area contributed by atoms with Crippen molar-refractivity contribution in [3.05, 3.63) is 69.4 Å². The summed E-state index contributed by atoms with van der Waals surface area (Å²) in [6, 6.07) is 12.8. The molecule has 8 heteroatoms. The number of nitrogens with one attached hydrogen (secondary N) is 1. The number of hydrogen-bond donors (Lipinski definition) is 2. The Balaban J connectivity index is 0.00000225. The third-order valence-corrected chi connectivity index (χ3v) is 4.19. The van der Waals surface area contributed by atoms with Gasteiger partial charge in [-0.2, -0.15) is 0 Å². The van der Waals surface area contributed by atoms with E-state index < -0.39 is 0 Å². The van der Waals surface area contributed by atoms with E-state index in [9.17, 15) is 4.79 Å². The Labute approximate surface area is 167 Å². The zero-order valence-electron chi connectivity index (χ0n) is 12.7. The topological polar surface area (TPSA) is 80.9 Å². The molecule has 1 amide bonds. The Bertz CT molecular complexity index is 866. The van der Waals surface area contributed by atoms with Crippen LogP contribution < -0.4 is 11.1 Å². The lowest BCUT2D eigenvalue weighted by molar-refractivity contribution is 0.102. The van der Waals surface area contributed by atoms with Crippen molar-refractivity contribution in [2.75, 3.05) is 11.1 Å². The van der Waals surface area contributed by atoms with Crippen molar-refractivity contribution in [3.8, 4) is 11.1 Å². The van der Waals surface area contributed by atoms with Gasteiger partial charge in [0.15, 0.2) is 0 Å². The number of amides is 1. The molecule has 3 rings (SSSR count). The smallest absolute Gasteiger partial charge is 0.255 e.